The number of fused-ring (bicyclic) bond motifs is 2. The maximum absolute atomic E-state index is 12.8. The number of rotatable bonds is 5. The van der Waals surface area contributed by atoms with E-state index in [0.29, 0.717) is 27.6 Å². The van der Waals surface area contributed by atoms with Crippen LogP contribution in [0.25, 0.3) is 16.8 Å². The van der Waals surface area contributed by atoms with Crippen LogP contribution in [0.3, 0.4) is 0 Å². The lowest BCUT2D eigenvalue weighted by atomic mass is 10.1. The first-order valence-electron chi connectivity index (χ1n) is 11.5. The summed E-state index contributed by atoms with van der Waals surface area (Å²) in [5.74, 6) is 0.210. The third-order valence-corrected chi connectivity index (χ3v) is 7.30. The van der Waals surface area contributed by atoms with Gasteiger partial charge in [-0.1, -0.05) is 84.4 Å². The minimum atomic E-state index is -0.476. The van der Waals surface area contributed by atoms with Crippen LogP contribution in [0.1, 0.15) is 16.7 Å². The second-order valence-electron chi connectivity index (χ2n) is 8.40. The Morgan fingerprint density at radius 1 is 0.946 bits per heavy atom. The van der Waals surface area contributed by atoms with E-state index in [4.69, 9.17) is 21.7 Å². The number of hydrazone groups is 1. The van der Waals surface area contributed by atoms with Gasteiger partial charge in [0.25, 0.3) is 5.91 Å². The molecule has 1 N–H and O–H groups in total. The van der Waals surface area contributed by atoms with Gasteiger partial charge in [-0.25, -0.2) is 0 Å². The summed E-state index contributed by atoms with van der Waals surface area (Å²) in [7, 11) is 0. The van der Waals surface area contributed by atoms with Crippen LogP contribution >= 0.6 is 23.4 Å². The van der Waals surface area contributed by atoms with Gasteiger partial charge in [0.05, 0.1) is 10.6 Å². The fourth-order valence-corrected chi connectivity index (χ4v) is 5.35. The van der Waals surface area contributed by atoms with Gasteiger partial charge in [-0.3, -0.25) is 10.2 Å². The first kappa shape index (κ1) is 23.2. The SMILES string of the molecule is N=C1C(=Cc2ccc(OCc3cccc4ccccc34)cc2)C(=O)N=C2SC(c3ccccc3Cl)=NN12. The number of amides is 1. The minimum absolute atomic E-state index is 0.0270. The number of benzene rings is 4. The predicted molar refractivity (Wildman–Crippen MR) is 150 cm³/mol. The first-order valence-corrected chi connectivity index (χ1v) is 12.7. The molecule has 0 spiro atoms. The number of hydrogen-bond acceptors (Lipinski definition) is 5. The van der Waals surface area contributed by atoms with Crippen molar-refractivity contribution in [1.29, 1.82) is 5.41 Å². The molecular formula is C29H19ClN4O2S. The van der Waals surface area contributed by atoms with E-state index < -0.39 is 5.91 Å². The van der Waals surface area contributed by atoms with Crippen molar-refractivity contribution in [2.75, 3.05) is 0 Å². The zero-order valence-corrected chi connectivity index (χ0v) is 21.0. The largest absolute Gasteiger partial charge is 0.489 e. The van der Waals surface area contributed by atoms with E-state index in [1.807, 2.05) is 60.7 Å². The molecule has 180 valence electrons. The molecule has 0 fully saturated rings. The van der Waals surface area contributed by atoms with Crippen molar-refractivity contribution >= 4 is 62.2 Å². The highest BCUT2D eigenvalue weighted by atomic mass is 35.5. The standard InChI is InChI=1S/C29H19ClN4O2S/c30-25-11-4-3-10-23(25)28-33-34-26(31)24(27(35)32-29(34)37-28)16-18-12-14-21(15-13-18)36-17-20-8-5-7-19-6-1-2-9-22(19)20/h1-16,31H,17H2. The van der Waals surface area contributed by atoms with Crippen molar-refractivity contribution in [3.8, 4) is 5.75 Å². The molecule has 37 heavy (non-hydrogen) atoms. The number of aliphatic imine (C=N–C) groups is 1. The van der Waals surface area contributed by atoms with Crippen LogP contribution in [0.5, 0.6) is 5.75 Å². The van der Waals surface area contributed by atoms with Crippen molar-refractivity contribution in [3.05, 3.63) is 118 Å². The van der Waals surface area contributed by atoms with E-state index in [1.165, 1.54) is 27.5 Å². The average molecular weight is 523 g/mol. The van der Waals surface area contributed by atoms with Gasteiger partial charge in [-0.05, 0) is 57.9 Å². The summed E-state index contributed by atoms with van der Waals surface area (Å²) in [5, 5.41) is 18.3. The molecule has 0 aromatic heterocycles. The maximum Gasteiger partial charge on any atom is 0.283 e. The van der Waals surface area contributed by atoms with Crippen LogP contribution in [0.15, 0.2) is 107 Å². The Morgan fingerprint density at radius 2 is 1.70 bits per heavy atom. The molecule has 2 aliphatic heterocycles. The number of carbonyl (C=O) groups excluding carboxylic acids is 1. The molecule has 4 aromatic rings. The highest BCUT2D eigenvalue weighted by molar-refractivity contribution is 8.27. The Kier molecular flexibility index (Phi) is 6.08. The van der Waals surface area contributed by atoms with Crippen LogP contribution < -0.4 is 4.74 Å². The van der Waals surface area contributed by atoms with Crippen molar-refractivity contribution < 1.29 is 9.53 Å². The summed E-state index contributed by atoms with van der Waals surface area (Å²) in [6, 6.07) is 29.1. The quantitative estimate of drug-likeness (QED) is 0.294. The Hall–Kier alpha value is -4.20. The maximum atomic E-state index is 12.8. The fraction of sp³-hybridized carbons (Fsp3) is 0.0345. The van der Waals surface area contributed by atoms with Crippen LogP contribution in [-0.4, -0.2) is 27.0 Å². The molecule has 2 aliphatic rings. The van der Waals surface area contributed by atoms with Crippen LogP contribution in [0.2, 0.25) is 5.02 Å². The second-order valence-corrected chi connectivity index (χ2v) is 9.76. The smallest absolute Gasteiger partial charge is 0.283 e. The Morgan fingerprint density at radius 3 is 2.54 bits per heavy atom. The summed E-state index contributed by atoms with van der Waals surface area (Å²) in [4.78, 5) is 16.9. The van der Waals surface area contributed by atoms with Gasteiger partial charge in [0.2, 0.25) is 5.17 Å². The summed E-state index contributed by atoms with van der Waals surface area (Å²) < 4.78 is 6.02. The number of amidine groups is 2. The van der Waals surface area contributed by atoms with Crippen molar-refractivity contribution in [1.82, 2.24) is 5.01 Å². The number of thioether (sulfide) groups is 1. The summed E-state index contributed by atoms with van der Waals surface area (Å²) >= 11 is 7.52. The number of carbonyl (C=O) groups is 1. The third-order valence-electron chi connectivity index (χ3n) is 6.02. The summed E-state index contributed by atoms with van der Waals surface area (Å²) in [6.07, 6.45) is 1.65. The van der Waals surface area contributed by atoms with Crippen LogP contribution in [-0.2, 0) is 11.4 Å². The van der Waals surface area contributed by atoms with Crippen molar-refractivity contribution in [3.63, 3.8) is 0 Å². The second kappa shape index (κ2) is 9.69. The first-order chi connectivity index (χ1) is 18.1. The topological polar surface area (TPSA) is 78.1 Å². The molecule has 0 saturated heterocycles. The molecular weight excluding hydrogens is 504 g/mol. The van der Waals surface area contributed by atoms with E-state index in [9.17, 15) is 4.79 Å². The molecule has 2 heterocycles. The Bertz CT molecular complexity index is 1660. The van der Waals surface area contributed by atoms with E-state index in [-0.39, 0.29) is 11.4 Å². The molecule has 0 atom stereocenters. The molecule has 4 aromatic carbocycles. The fourth-order valence-electron chi connectivity index (χ4n) is 4.14. The Labute approximate surface area is 222 Å². The molecule has 6 rings (SSSR count). The summed E-state index contributed by atoms with van der Waals surface area (Å²) in [6.45, 7) is 0.445. The molecule has 8 heteroatoms. The number of ether oxygens (including phenoxy) is 1. The van der Waals surface area contributed by atoms with E-state index in [0.717, 1.165) is 16.7 Å². The van der Waals surface area contributed by atoms with E-state index >= 15 is 0 Å². The Balaban J connectivity index is 1.19. The molecule has 0 saturated carbocycles. The van der Waals surface area contributed by atoms with Gasteiger partial charge in [-0.15, -0.1) is 0 Å². The average Bonchev–Trinajstić information content (AvgIpc) is 3.34. The lowest BCUT2D eigenvalue weighted by Crippen LogP contribution is -2.35. The molecule has 6 nitrogen and oxygen atoms in total. The van der Waals surface area contributed by atoms with Gasteiger partial charge in [0.1, 0.15) is 17.4 Å². The van der Waals surface area contributed by atoms with Crippen LogP contribution in [0, 0.1) is 5.41 Å². The van der Waals surface area contributed by atoms with Gasteiger partial charge >= 0.3 is 0 Å². The van der Waals surface area contributed by atoms with Gasteiger partial charge < -0.3 is 4.74 Å². The highest BCUT2D eigenvalue weighted by Crippen LogP contribution is 2.33. The molecule has 0 bridgehead atoms. The highest BCUT2D eigenvalue weighted by Gasteiger charge is 2.36. The van der Waals surface area contributed by atoms with Gasteiger partial charge in [0, 0.05) is 5.56 Å². The monoisotopic (exact) mass is 522 g/mol. The van der Waals surface area contributed by atoms with Crippen LogP contribution in [0.4, 0.5) is 0 Å². The number of nitrogens with one attached hydrogen (secondary N) is 1. The normalized spacial score (nSPS) is 16.1. The van der Waals surface area contributed by atoms with Gasteiger partial charge in [-0.2, -0.15) is 15.1 Å². The van der Waals surface area contributed by atoms with Gasteiger partial charge in [0.15, 0.2) is 5.84 Å². The molecule has 0 aliphatic carbocycles. The lowest BCUT2D eigenvalue weighted by Gasteiger charge is -2.20. The number of nitrogens with zero attached hydrogens (tertiary/aromatic N) is 3. The number of hydrogen-bond donors (Lipinski definition) is 1. The molecule has 1 amide bonds. The molecule has 0 unspecified atom stereocenters. The van der Waals surface area contributed by atoms with Crippen molar-refractivity contribution in [2.24, 2.45) is 10.1 Å². The minimum Gasteiger partial charge on any atom is -0.489 e. The van der Waals surface area contributed by atoms with Crippen molar-refractivity contribution in [2.45, 2.75) is 6.61 Å². The summed E-state index contributed by atoms with van der Waals surface area (Å²) in [5.41, 5.74) is 2.76. The predicted octanol–water partition coefficient (Wildman–Crippen LogP) is 6.74. The third kappa shape index (κ3) is 4.55. The van der Waals surface area contributed by atoms with E-state index in [2.05, 4.69) is 34.4 Å². The lowest BCUT2D eigenvalue weighted by molar-refractivity contribution is -0.114. The zero-order valence-electron chi connectivity index (χ0n) is 19.4. The van der Waals surface area contributed by atoms with E-state index in [1.54, 1.807) is 12.1 Å². The zero-order chi connectivity index (χ0) is 25.4. The number of halogens is 1. The molecule has 0 radical (unpaired) electrons.